The van der Waals surface area contributed by atoms with Gasteiger partial charge in [-0.2, -0.15) is 13.2 Å². The highest BCUT2D eigenvalue weighted by Crippen LogP contribution is 2.37. The molecule has 4 rings (SSSR count). The number of hydrogen-bond acceptors (Lipinski definition) is 4. The second-order valence-corrected chi connectivity index (χ2v) is 10.6. The number of aromatic nitrogens is 1. The van der Waals surface area contributed by atoms with Gasteiger partial charge in [-0.3, -0.25) is 9.78 Å². The van der Waals surface area contributed by atoms with Crippen LogP contribution in [0.5, 0.6) is 0 Å². The van der Waals surface area contributed by atoms with Crippen LogP contribution in [0.15, 0.2) is 12.3 Å². The molecule has 0 saturated heterocycles. The van der Waals surface area contributed by atoms with Crippen LogP contribution >= 0.6 is 0 Å². The van der Waals surface area contributed by atoms with Crippen molar-refractivity contribution in [3.63, 3.8) is 0 Å². The Kier molecular flexibility index (Phi) is 9.60. The average molecular weight is 498 g/mol. The van der Waals surface area contributed by atoms with Crippen molar-refractivity contribution in [3.05, 3.63) is 29.1 Å². The lowest BCUT2D eigenvalue weighted by atomic mass is 9.91. The summed E-state index contributed by atoms with van der Waals surface area (Å²) in [6, 6.07) is 1.66. The number of carbonyl (C=O) groups excluding carboxylic acids is 1. The van der Waals surface area contributed by atoms with E-state index in [2.05, 4.69) is 31.1 Å². The van der Waals surface area contributed by atoms with Gasteiger partial charge in [0.25, 0.3) is 0 Å². The molecule has 1 aromatic heterocycles. The van der Waals surface area contributed by atoms with Gasteiger partial charge in [0.05, 0.1) is 11.7 Å². The van der Waals surface area contributed by atoms with Crippen molar-refractivity contribution in [1.29, 1.82) is 0 Å². The first kappa shape index (κ1) is 27.9. The fraction of sp³-hybridized carbons (Fsp3) is 0.778. The number of rotatable bonds is 5. The highest BCUT2D eigenvalue weighted by Gasteiger charge is 2.41. The first-order chi connectivity index (χ1) is 16.6. The molecule has 1 aromatic rings. The summed E-state index contributed by atoms with van der Waals surface area (Å²) in [5.74, 6) is 0.713. The van der Waals surface area contributed by atoms with E-state index < -0.39 is 11.7 Å². The molecule has 1 amide bonds. The zero-order valence-electron chi connectivity index (χ0n) is 21.6. The zero-order chi connectivity index (χ0) is 25.8. The van der Waals surface area contributed by atoms with Crippen molar-refractivity contribution < 1.29 is 23.1 Å². The predicted molar refractivity (Wildman–Crippen MR) is 131 cm³/mol. The second kappa shape index (κ2) is 12.0. The largest absolute Gasteiger partial charge is 0.417 e. The van der Waals surface area contributed by atoms with Crippen LogP contribution in [0.3, 0.4) is 0 Å². The number of aliphatic hydroxyl groups excluding tert-OH is 1. The summed E-state index contributed by atoms with van der Waals surface area (Å²) in [4.78, 5) is 18.9. The van der Waals surface area contributed by atoms with Crippen molar-refractivity contribution >= 4 is 5.91 Å². The van der Waals surface area contributed by atoms with Gasteiger partial charge in [-0.15, -0.1) is 0 Å². The quantitative estimate of drug-likeness (QED) is 0.576. The van der Waals surface area contributed by atoms with Gasteiger partial charge >= 0.3 is 6.18 Å². The Morgan fingerprint density at radius 1 is 1.23 bits per heavy atom. The van der Waals surface area contributed by atoms with E-state index in [4.69, 9.17) is 0 Å². The summed E-state index contributed by atoms with van der Waals surface area (Å²) >= 11 is 0. The summed E-state index contributed by atoms with van der Waals surface area (Å²) in [5.41, 5.74) is 0.400. The van der Waals surface area contributed by atoms with Crippen LogP contribution in [-0.4, -0.2) is 45.6 Å². The molecule has 2 N–H and O–H groups in total. The Hall–Kier alpha value is -1.67. The lowest BCUT2D eigenvalue weighted by Crippen LogP contribution is -2.46. The lowest BCUT2D eigenvalue weighted by molar-refractivity contribution is -0.138. The van der Waals surface area contributed by atoms with Crippen LogP contribution in [-0.2, 0) is 23.9 Å². The molecule has 0 aromatic carbocycles. The maximum Gasteiger partial charge on any atom is 0.417 e. The van der Waals surface area contributed by atoms with Crippen LogP contribution in [0.1, 0.15) is 89.5 Å². The van der Waals surface area contributed by atoms with Gasteiger partial charge in [0, 0.05) is 55.3 Å². The highest BCUT2D eigenvalue weighted by molar-refractivity contribution is 5.79. The third-order valence-corrected chi connectivity index (χ3v) is 7.83. The van der Waals surface area contributed by atoms with Gasteiger partial charge in [-0.05, 0) is 56.1 Å². The van der Waals surface area contributed by atoms with Crippen LogP contribution in [0.2, 0.25) is 0 Å². The third-order valence-electron chi connectivity index (χ3n) is 7.83. The number of amides is 1. The van der Waals surface area contributed by atoms with Gasteiger partial charge < -0.3 is 15.3 Å². The lowest BCUT2D eigenvalue weighted by Gasteiger charge is -2.32. The molecule has 5 nitrogen and oxygen atoms in total. The smallest absolute Gasteiger partial charge is 0.393 e. The number of hydrogen-bond donors (Lipinski definition) is 2. The highest BCUT2D eigenvalue weighted by atomic mass is 19.4. The Morgan fingerprint density at radius 2 is 1.94 bits per heavy atom. The van der Waals surface area contributed by atoms with Crippen LogP contribution < -0.4 is 5.32 Å². The second-order valence-electron chi connectivity index (χ2n) is 10.6. The van der Waals surface area contributed by atoms with E-state index >= 15 is 0 Å². The number of alkyl halides is 3. The number of halogens is 3. The van der Waals surface area contributed by atoms with Gasteiger partial charge in [0.15, 0.2) is 0 Å². The molecule has 2 fully saturated rings. The Balaban J connectivity index is 0.00000108. The van der Waals surface area contributed by atoms with Crippen LogP contribution in [0.4, 0.5) is 13.2 Å². The third kappa shape index (κ3) is 6.76. The van der Waals surface area contributed by atoms with E-state index in [1.165, 1.54) is 6.42 Å². The van der Waals surface area contributed by atoms with Crippen molar-refractivity contribution in [1.82, 2.24) is 15.2 Å². The molecule has 0 spiro atoms. The van der Waals surface area contributed by atoms with Crippen LogP contribution in [0, 0.1) is 17.8 Å². The molecule has 0 radical (unpaired) electrons. The van der Waals surface area contributed by atoms with Crippen molar-refractivity contribution in [2.75, 3.05) is 6.54 Å². The number of pyridine rings is 1. The summed E-state index contributed by atoms with van der Waals surface area (Å²) in [6.07, 6.45) is 3.25. The molecule has 2 aliphatic carbocycles. The average Bonchev–Trinajstić information content (AvgIpc) is 3.44. The Morgan fingerprint density at radius 3 is 2.60 bits per heavy atom. The monoisotopic (exact) mass is 497 g/mol. The predicted octanol–water partition coefficient (Wildman–Crippen LogP) is 5.35. The summed E-state index contributed by atoms with van der Waals surface area (Å²) < 4.78 is 39.2. The first-order valence-electron chi connectivity index (χ1n) is 13.4. The van der Waals surface area contributed by atoms with Gasteiger partial charge in [-0.1, -0.05) is 34.1 Å². The number of aliphatic hydroxyl groups is 1. The Bertz CT molecular complexity index is 847. The topological polar surface area (TPSA) is 65.5 Å². The molecular formula is C27H42F3N3O2. The fourth-order valence-corrected chi connectivity index (χ4v) is 5.92. The minimum Gasteiger partial charge on any atom is -0.393 e. The van der Waals surface area contributed by atoms with Crippen molar-refractivity contribution in [2.24, 2.45) is 17.8 Å². The van der Waals surface area contributed by atoms with Crippen molar-refractivity contribution in [2.45, 2.75) is 110 Å². The molecule has 1 aliphatic heterocycles. The van der Waals surface area contributed by atoms with E-state index in [1.54, 1.807) is 4.90 Å². The van der Waals surface area contributed by atoms with E-state index in [0.717, 1.165) is 50.8 Å². The van der Waals surface area contributed by atoms with Crippen molar-refractivity contribution in [3.8, 4) is 0 Å². The maximum atomic E-state index is 13.2. The summed E-state index contributed by atoms with van der Waals surface area (Å²) in [5, 5.41) is 14.2. The van der Waals surface area contributed by atoms with E-state index in [1.807, 2.05) is 6.92 Å². The molecule has 2 heterocycles. The Labute approximate surface area is 207 Å². The first-order valence-corrected chi connectivity index (χ1v) is 13.4. The number of fused-ring (bicyclic) bond motifs is 1. The molecular weight excluding hydrogens is 455 g/mol. The standard InChI is InChI=1S/C24H34F3N3O2.C3H8/c1-3-21(31)19-7-4-14(2)22(19)29-18-6-5-15(11-18)23(32)30-9-8-20-16(13-30)10-17(12-28-20)24(25,26)27;1-3-2/h10,12,14-15,18-19,21-22,29,31H,3-9,11,13H2,1-2H3;3H2,1-2H3. The van der Waals surface area contributed by atoms with Gasteiger partial charge in [0.1, 0.15) is 0 Å². The molecule has 6 unspecified atom stereocenters. The van der Waals surface area contributed by atoms with Gasteiger partial charge in [0.2, 0.25) is 5.91 Å². The molecule has 6 atom stereocenters. The van der Waals surface area contributed by atoms with E-state index in [0.29, 0.717) is 30.1 Å². The zero-order valence-corrected chi connectivity index (χ0v) is 21.6. The maximum absolute atomic E-state index is 13.2. The fourth-order valence-electron chi connectivity index (χ4n) is 5.92. The van der Waals surface area contributed by atoms with E-state index in [9.17, 15) is 23.1 Å². The van der Waals surface area contributed by atoms with Crippen LogP contribution in [0.25, 0.3) is 0 Å². The minimum absolute atomic E-state index is 0.0435. The molecule has 35 heavy (non-hydrogen) atoms. The number of nitrogens with one attached hydrogen (secondary N) is 1. The van der Waals surface area contributed by atoms with E-state index in [-0.39, 0.29) is 42.5 Å². The molecule has 8 heteroatoms. The number of carbonyl (C=O) groups is 1. The number of nitrogens with zero attached hydrogens (tertiary/aromatic N) is 2. The molecule has 2 saturated carbocycles. The molecule has 198 valence electrons. The minimum atomic E-state index is -4.43. The SMILES string of the molecule is CCC.CCC(O)C1CCC(C)C1NC1CCC(C(=O)N2CCc3ncc(C(F)(F)F)cc3C2)C1. The summed E-state index contributed by atoms with van der Waals surface area (Å²) in [7, 11) is 0. The molecule has 3 aliphatic rings. The normalized spacial score (nSPS) is 29.4. The molecule has 0 bridgehead atoms. The summed E-state index contributed by atoms with van der Waals surface area (Å²) in [6.45, 7) is 9.19. The van der Waals surface area contributed by atoms with Gasteiger partial charge in [-0.25, -0.2) is 0 Å².